The summed E-state index contributed by atoms with van der Waals surface area (Å²) in [5.74, 6) is -0.110. The van der Waals surface area contributed by atoms with Gasteiger partial charge in [0.1, 0.15) is 12.3 Å². The predicted molar refractivity (Wildman–Crippen MR) is 110 cm³/mol. The number of carbonyl (C=O) groups is 2. The summed E-state index contributed by atoms with van der Waals surface area (Å²) >= 11 is 0. The second kappa shape index (κ2) is 9.37. The Bertz CT molecular complexity index is 950. The maximum absolute atomic E-state index is 12.2. The Balaban J connectivity index is 1.55. The van der Waals surface area contributed by atoms with Crippen molar-refractivity contribution in [1.29, 1.82) is 5.26 Å². The number of benzene rings is 2. The summed E-state index contributed by atoms with van der Waals surface area (Å²) in [4.78, 5) is 27.7. The largest absolute Gasteiger partial charge is 0.482 e. The van der Waals surface area contributed by atoms with Crippen LogP contribution in [-0.4, -0.2) is 44.8 Å². The Morgan fingerprint density at radius 3 is 2.83 bits per heavy atom. The molecule has 2 aromatic carbocycles. The van der Waals surface area contributed by atoms with E-state index in [0.717, 1.165) is 11.3 Å². The van der Waals surface area contributed by atoms with Crippen LogP contribution >= 0.6 is 0 Å². The number of nitrogens with zero attached hydrogens (tertiary/aromatic N) is 4. The first-order chi connectivity index (χ1) is 14.1. The van der Waals surface area contributed by atoms with Gasteiger partial charge in [-0.3, -0.25) is 14.5 Å². The summed E-state index contributed by atoms with van der Waals surface area (Å²) < 4.78 is 5.36. The molecule has 1 aliphatic heterocycles. The molecule has 8 heteroatoms. The first-order valence-corrected chi connectivity index (χ1v) is 9.11. The molecule has 2 amide bonds. The van der Waals surface area contributed by atoms with E-state index in [4.69, 9.17) is 10.00 Å². The van der Waals surface area contributed by atoms with Gasteiger partial charge in [-0.15, -0.1) is 0 Å². The van der Waals surface area contributed by atoms with Crippen molar-refractivity contribution in [3.05, 3.63) is 54.1 Å². The van der Waals surface area contributed by atoms with Gasteiger partial charge in [0, 0.05) is 19.3 Å². The van der Waals surface area contributed by atoms with E-state index >= 15 is 0 Å². The standard InChI is InChI=1S/C21H21N5O3/c1-25(12-4-11-22)17-9-7-16(8-10-17)13-23-24-20(27)14-26-18-5-2-3-6-19(18)29-15-21(26)28/h2-3,5-10,13H,4,12,14-15H2,1H3,(H,24,27)/b23-13-. The summed E-state index contributed by atoms with van der Waals surface area (Å²) in [7, 11) is 1.92. The van der Waals surface area contributed by atoms with Gasteiger partial charge in [-0.05, 0) is 29.8 Å². The van der Waals surface area contributed by atoms with Crippen molar-refractivity contribution in [1.82, 2.24) is 5.43 Å². The van der Waals surface area contributed by atoms with Crippen molar-refractivity contribution in [3.8, 4) is 11.8 Å². The molecule has 3 rings (SSSR count). The van der Waals surface area contributed by atoms with Gasteiger partial charge in [0.15, 0.2) is 6.61 Å². The van der Waals surface area contributed by atoms with E-state index in [1.165, 1.54) is 11.1 Å². The van der Waals surface area contributed by atoms with Crippen LogP contribution in [0.5, 0.6) is 5.75 Å². The van der Waals surface area contributed by atoms with E-state index in [1.807, 2.05) is 42.3 Å². The first kappa shape index (κ1) is 19.9. The predicted octanol–water partition coefficient (Wildman–Crippen LogP) is 1.91. The highest BCUT2D eigenvalue weighted by molar-refractivity contribution is 6.02. The Labute approximate surface area is 169 Å². The Kier molecular flexibility index (Phi) is 6.43. The zero-order valence-electron chi connectivity index (χ0n) is 16.0. The number of anilines is 2. The van der Waals surface area contributed by atoms with Gasteiger partial charge in [0.25, 0.3) is 11.8 Å². The van der Waals surface area contributed by atoms with Crippen LogP contribution in [0.25, 0.3) is 0 Å². The summed E-state index contributed by atoms with van der Waals surface area (Å²) in [5, 5.41) is 12.6. The molecule has 8 nitrogen and oxygen atoms in total. The topological polar surface area (TPSA) is 98.0 Å². The summed E-state index contributed by atoms with van der Waals surface area (Å²) in [5.41, 5.74) is 4.82. The minimum absolute atomic E-state index is 0.0945. The zero-order valence-corrected chi connectivity index (χ0v) is 16.0. The number of nitriles is 1. The third-order valence-electron chi connectivity index (χ3n) is 4.41. The quantitative estimate of drug-likeness (QED) is 0.574. The smallest absolute Gasteiger partial charge is 0.265 e. The van der Waals surface area contributed by atoms with E-state index in [2.05, 4.69) is 16.6 Å². The van der Waals surface area contributed by atoms with Crippen LogP contribution in [-0.2, 0) is 9.59 Å². The summed E-state index contributed by atoms with van der Waals surface area (Å²) in [6.07, 6.45) is 1.99. The average Bonchev–Trinajstić information content (AvgIpc) is 2.74. The third-order valence-corrected chi connectivity index (χ3v) is 4.41. The van der Waals surface area contributed by atoms with Crippen molar-refractivity contribution in [3.63, 3.8) is 0 Å². The fourth-order valence-electron chi connectivity index (χ4n) is 2.85. The number of hydrogen-bond donors (Lipinski definition) is 1. The first-order valence-electron chi connectivity index (χ1n) is 9.11. The van der Waals surface area contributed by atoms with Gasteiger partial charge < -0.3 is 9.64 Å². The molecule has 0 saturated carbocycles. The minimum Gasteiger partial charge on any atom is -0.482 e. The highest BCUT2D eigenvalue weighted by Crippen LogP contribution is 2.31. The van der Waals surface area contributed by atoms with Gasteiger partial charge in [0.05, 0.1) is 24.4 Å². The third kappa shape index (κ3) is 5.11. The number of amides is 2. The maximum atomic E-state index is 12.2. The Morgan fingerprint density at radius 2 is 2.07 bits per heavy atom. The Morgan fingerprint density at radius 1 is 1.31 bits per heavy atom. The lowest BCUT2D eigenvalue weighted by atomic mass is 10.2. The van der Waals surface area contributed by atoms with E-state index in [1.54, 1.807) is 18.2 Å². The maximum Gasteiger partial charge on any atom is 0.265 e. The molecule has 0 saturated heterocycles. The molecule has 148 valence electrons. The highest BCUT2D eigenvalue weighted by atomic mass is 16.5. The lowest BCUT2D eigenvalue weighted by Gasteiger charge is -2.28. The fourth-order valence-corrected chi connectivity index (χ4v) is 2.85. The second-order valence-corrected chi connectivity index (χ2v) is 6.45. The molecule has 0 unspecified atom stereocenters. The molecule has 0 radical (unpaired) electrons. The second-order valence-electron chi connectivity index (χ2n) is 6.45. The van der Waals surface area contributed by atoms with Gasteiger partial charge >= 0.3 is 0 Å². The highest BCUT2D eigenvalue weighted by Gasteiger charge is 2.26. The van der Waals surface area contributed by atoms with Crippen LogP contribution in [0.4, 0.5) is 11.4 Å². The number of rotatable bonds is 7. The van der Waals surface area contributed by atoms with E-state index in [-0.39, 0.29) is 19.1 Å². The van der Waals surface area contributed by atoms with E-state index in [9.17, 15) is 9.59 Å². The molecule has 1 heterocycles. The number of ether oxygens (including phenoxy) is 1. The van der Waals surface area contributed by atoms with Crippen LogP contribution in [0.2, 0.25) is 0 Å². The average molecular weight is 391 g/mol. The van der Waals surface area contributed by atoms with Crippen molar-refractivity contribution < 1.29 is 14.3 Å². The molecule has 0 fully saturated rings. The lowest BCUT2D eigenvalue weighted by Crippen LogP contribution is -2.44. The molecule has 0 aliphatic carbocycles. The van der Waals surface area contributed by atoms with Crippen molar-refractivity contribution in [2.24, 2.45) is 5.10 Å². The van der Waals surface area contributed by atoms with Crippen molar-refractivity contribution in [2.75, 3.05) is 36.5 Å². The molecule has 0 aromatic heterocycles. The summed E-state index contributed by atoms with van der Waals surface area (Å²) in [6.45, 7) is 0.422. The number of carbonyl (C=O) groups excluding carboxylic acids is 2. The van der Waals surface area contributed by atoms with Crippen LogP contribution in [0.15, 0.2) is 53.6 Å². The van der Waals surface area contributed by atoms with Gasteiger partial charge in [-0.2, -0.15) is 10.4 Å². The molecule has 1 aliphatic rings. The normalized spacial score (nSPS) is 12.8. The van der Waals surface area contributed by atoms with Crippen LogP contribution < -0.4 is 20.0 Å². The van der Waals surface area contributed by atoms with Crippen molar-refractivity contribution >= 4 is 29.4 Å². The van der Waals surface area contributed by atoms with Crippen LogP contribution in [0.1, 0.15) is 12.0 Å². The number of nitrogens with one attached hydrogen (secondary N) is 1. The van der Waals surface area contributed by atoms with E-state index in [0.29, 0.717) is 24.4 Å². The number of para-hydroxylation sites is 2. The SMILES string of the molecule is CN(CCC#N)c1ccc(/C=N\NC(=O)CN2C(=O)COc3ccccc32)cc1. The monoisotopic (exact) mass is 391 g/mol. The van der Waals surface area contributed by atoms with Crippen LogP contribution in [0.3, 0.4) is 0 Å². The summed E-state index contributed by atoms with van der Waals surface area (Å²) in [6, 6.07) is 16.8. The van der Waals surface area contributed by atoms with Gasteiger partial charge in [0.2, 0.25) is 0 Å². The molecular weight excluding hydrogens is 370 g/mol. The lowest BCUT2D eigenvalue weighted by molar-refractivity contribution is -0.125. The van der Waals surface area contributed by atoms with E-state index < -0.39 is 5.91 Å². The zero-order chi connectivity index (χ0) is 20.6. The van der Waals surface area contributed by atoms with Crippen LogP contribution in [0, 0.1) is 11.3 Å². The molecule has 2 aromatic rings. The Hall–Kier alpha value is -3.86. The molecule has 0 atom stereocenters. The number of hydrazone groups is 1. The van der Waals surface area contributed by atoms with Crippen molar-refractivity contribution in [2.45, 2.75) is 6.42 Å². The number of hydrogen-bond acceptors (Lipinski definition) is 6. The molecular formula is C21H21N5O3. The van der Waals surface area contributed by atoms with Gasteiger partial charge in [-0.1, -0.05) is 24.3 Å². The fraction of sp³-hybridized carbons (Fsp3) is 0.238. The molecule has 0 spiro atoms. The minimum atomic E-state index is -0.404. The molecule has 1 N–H and O–H groups in total. The molecule has 0 bridgehead atoms. The van der Waals surface area contributed by atoms with Gasteiger partial charge in [-0.25, -0.2) is 5.43 Å². The number of fused-ring (bicyclic) bond motifs is 1. The molecule has 29 heavy (non-hydrogen) atoms.